The van der Waals surface area contributed by atoms with Gasteiger partial charge in [-0.3, -0.25) is 4.79 Å². The first-order valence-corrected chi connectivity index (χ1v) is 21.6. The Morgan fingerprint density at radius 1 is 0.689 bits per heavy atom. The van der Waals surface area contributed by atoms with Crippen molar-refractivity contribution in [2.75, 3.05) is 44.2 Å². The van der Waals surface area contributed by atoms with Crippen LogP contribution in [0, 0.1) is 53.4 Å². The van der Waals surface area contributed by atoms with Crippen LogP contribution in [-0.2, 0) is 20.4 Å². The summed E-state index contributed by atoms with van der Waals surface area (Å²) in [6, 6.07) is 5.87. The van der Waals surface area contributed by atoms with Crippen LogP contribution < -0.4 is 35.5 Å². The molecule has 8 N–H and O–H groups in total. The number of rotatable bonds is 9. The van der Waals surface area contributed by atoms with Gasteiger partial charge in [0.1, 0.15) is 34.0 Å². The van der Waals surface area contributed by atoms with Crippen LogP contribution in [0.15, 0.2) is 41.6 Å². The fourth-order valence-corrected chi connectivity index (χ4v) is 7.46. The highest BCUT2D eigenvalue weighted by Gasteiger charge is 2.30. The van der Waals surface area contributed by atoms with Crippen molar-refractivity contribution in [1.29, 1.82) is 0 Å². The maximum atomic E-state index is 11.4. The van der Waals surface area contributed by atoms with Crippen molar-refractivity contribution < 1.29 is 16.8 Å². The molecular weight excluding hydrogens is 846 g/mol. The van der Waals surface area contributed by atoms with Gasteiger partial charge in [-0.2, -0.15) is 32.1 Å². The second kappa shape index (κ2) is 23.1. The lowest BCUT2D eigenvalue weighted by Crippen LogP contribution is -2.48. The first-order chi connectivity index (χ1) is 26.8. The summed E-state index contributed by atoms with van der Waals surface area (Å²) in [4.78, 5) is 24.9. The largest absolute Gasteiger partial charge is 0.354 e. The van der Waals surface area contributed by atoms with Crippen LogP contribution >= 0.6 is 11.6 Å². The molecule has 0 bridgehead atoms. The molecule has 0 aromatic carbocycles. The third-order valence-corrected chi connectivity index (χ3v) is 10.7. The quantitative estimate of drug-likeness (QED) is 0.122. The zero-order valence-electron chi connectivity index (χ0n) is 32.7. The molecular formula is C38H66ClN15O5S2. The number of fused-ring (bicyclic) bond motifs is 3. The number of hydrogen-bond donors (Lipinski definition) is 6. The molecule has 0 unspecified atom stereocenters. The van der Waals surface area contributed by atoms with Crippen molar-refractivity contribution in [3.8, 4) is 0 Å². The topological polar surface area (TPSA) is 270 Å². The van der Waals surface area contributed by atoms with Gasteiger partial charge in [-0.1, -0.05) is 41.3 Å². The van der Waals surface area contributed by atoms with Crippen LogP contribution in [0.25, 0.3) is 16.6 Å². The molecule has 0 aliphatic carbocycles. The molecule has 2 fully saturated rings. The molecule has 0 spiro atoms. The Labute approximate surface area is 365 Å². The number of hydrogen-bond acceptors (Lipinski definition) is 12. The molecule has 8 rings (SSSR count). The molecule has 61 heavy (non-hydrogen) atoms. The fraction of sp³-hybridized carbons (Fsp3) is 0.526. The van der Waals surface area contributed by atoms with Gasteiger partial charge in [-0.15, -0.1) is 0 Å². The number of aromatic amines is 1. The SMILES string of the molecule is C.C.C.C.Cc1nc(Cl)c2c(C)ccn2n1.Cc1nc(N2CC(CCNS(N)(=O)=O)C2)c2c(C)ccn2n1.Cc1nn2ccc(C)c2c(=O)[nH]1.NS(=O)(=O)NCCC1CNC1. The van der Waals surface area contributed by atoms with Gasteiger partial charge in [0, 0.05) is 44.8 Å². The summed E-state index contributed by atoms with van der Waals surface area (Å²) in [7, 11) is -7.06. The summed E-state index contributed by atoms with van der Waals surface area (Å²) in [6.07, 6.45) is 7.24. The Morgan fingerprint density at radius 2 is 1.13 bits per heavy atom. The van der Waals surface area contributed by atoms with Gasteiger partial charge >= 0.3 is 0 Å². The van der Waals surface area contributed by atoms with Crippen molar-refractivity contribution in [3.63, 3.8) is 0 Å². The molecule has 2 aliphatic heterocycles. The second-order valence-electron chi connectivity index (χ2n) is 14.1. The number of anilines is 1. The van der Waals surface area contributed by atoms with E-state index in [-0.39, 0.29) is 35.3 Å². The number of nitrogens with zero attached hydrogens (tertiary/aromatic N) is 9. The van der Waals surface area contributed by atoms with Crippen molar-refractivity contribution in [2.24, 2.45) is 22.1 Å². The van der Waals surface area contributed by atoms with E-state index >= 15 is 0 Å². The number of aryl methyl sites for hydroxylation is 6. The van der Waals surface area contributed by atoms with E-state index in [4.69, 9.17) is 21.9 Å². The van der Waals surface area contributed by atoms with E-state index in [9.17, 15) is 21.6 Å². The normalized spacial score (nSPS) is 13.7. The molecule has 2 saturated heterocycles. The second-order valence-corrected chi connectivity index (χ2v) is 17.2. The van der Waals surface area contributed by atoms with Gasteiger partial charge in [0.05, 0.1) is 0 Å². The molecule has 0 radical (unpaired) electrons. The van der Waals surface area contributed by atoms with Crippen LogP contribution in [0.3, 0.4) is 0 Å². The summed E-state index contributed by atoms with van der Waals surface area (Å²) in [5.41, 5.74) is 5.66. The molecule has 23 heteroatoms. The van der Waals surface area contributed by atoms with Crippen molar-refractivity contribution >= 4 is 54.4 Å². The number of H-pyrrole nitrogens is 1. The minimum Gasteiger partial charge on any atom is -0.354 e. The predicted molar refractivity (Wildman–Crippen MR) is 246 cm³/mol. The molecule has 0 saturated carbocycles. The molecule has 8 heterocycles. The van der Waals surface area contributed by atoms with Crippen molar-refractivity contribution in [2.45, 2.75) is 84.1 Å². The fourth-order valence-electron chi connectivity index (χ4n) is 6.30. The smallest absolute Gasteiger partial charge is 0.275 e. The average Bonchev–Trinajstić information content (AvgIpc) is 3.75. The summed E-state index contributed by atoms with van der Waals surface area (Å²) >= 11 is 5.94. The summed E-state index contributed by atoms with van der Waals surface area (Å²) in [5, 5.41) is 25.9. The van der Waals surface area contributed by atoms with Crippen LogP contribution in [0.4, 0.5) is 5.82 Å². The van der Waals surface area contributed by atoms with Crippen molar-refractivity contribution in [3.05, 3.63) is 86.5 Å². The van der Waals surface area contributed by atoms with Crippen molar-refractivity contribution in [1.82, 2.24) is 58.6 Å². The maximum absolute atomic E-state index is 11.4. The molecule has 342 valence electrons. The Balaban J connectivity index is 0.000000417. The third-order valence-electron chi connectivity index (χ3n) is 9.25. The zero-order valence-corrected chi connectivity index (χ0v) is 35.1. The van der Waals surface area contributed by atoms with Gasteiger partial charge < -0.3 is 15.2 Å². The maximum Gasteiger partial charge on any atom is 0.275 e. The van der Waals surface area contributed by atoms with Gasteiger partial charge in [-0.05, 0) is 114 Å². The summed E-state index contributed by atoms with van der Waals surface area (Å²) < 4.78 is 52.2. The molecule has 20 nitrogen and oxygen atoms in total. The van der Waals surface area contributed by atoms with Crippen LogP contribution in [0.5, 0.6) is 0 Å². The van der Waals surface area contributed by atoms with E-state index < -0.39 is 20.4 Å². The Kier molecular flexibility index (Phi) is 20.6. The van der Waals surface area contributed by atoms with Gasteiger partial charge in [0.2, 0.25) is 0 Å². The summed E-state index contributed by atoms with van der Waals surface area (Å²) in [6.45, 7) is 15.9. The highest BCUT2D eigenvalue weighted by molar-refractivity contribution is 7.87. The number of aromatic nitrogens is 9. The highest BCUT2D eigenvalue weighted by atomic mass is 35.5. The van der Waals surface area contributed by atoms with Crippen LogP contribution in [-0.4, -0.2) is 99.9 Å². The third kappa shape index (κ3) is 15.1. The molecule has 6 aromatic rings. The standard InChI is InChI=1S/C13H20N6O2S.C8H8ClN3.C8H9N3O.C5H13N3O2S.4CH4/c1-9-4-6-19-12(9)13(16-10(2)17-19)18-7-11(8-18)3-5-15-22(14,20)21;1-5-3-4-12-7(5)8(9)10-6(2)11-12;1-5-3-4-11-7(5)8(12)9-6(2)10-11;6-11(9,10)8-2-1-5-3-7-4-5;;;;/h4,6,11,15H,3,5,7-8H2,1-2H3,(H2,14,20,21);3-4H,1-2H3;3-4H,1-2H3,(H,9,10,12);5,7-8H,1-4H2,(H2,6,9,10);4*1H4. The monoisotopic (exact) mass is 911 g/mol. The summed E-state index contributed by atoms with van der Waals surface area (Å²) in [5.74, 6) is 4.05. The Bertz CT molecular complexity index is 2610. The number of halogens is 1. The minimum absolute atomic E-state index is 0. The lowest BCUT2D eigenvalue weighted by molar-refractivity contribution is 0.328. The van der Waals surface area contributed by atoms with E-state index in [0.717, 1.165) is 78.4 Å². The Morgan fingerprint density at radius 3 is 1.62 bits per heavy atom. The van der Waals surface area contributed by atoms with Gasteiger partial charge in [0.25, 0.3) is 26.0 Å². The van der Waals surface area contributed by atoms with E-state index in [0.29, 0.717) is 47.2 Å². The van der Waals surface area contributed by atoms with Crippen LogP contribution in [0.1, 0.15) is 76.7 Å². The zero-order chi connectivity index (χ0) is 41.7. The lowest BCUT2D eigenvalue weighted by atomic mass is 9.96. The average molecular weight is 913 g/mol. The van der Waals surface area contributed by atoms with Gasteiger partial charge in [-0.25, -0.2) is 43.2 Å². The lowest BCUT2D eigenvalue weighted by Gasteiger charge is -2.40. The van der Waals surface area contributed by atoms with E-state index in [2.05, 4.69) is 49.9 Å². The minimum atomic E-state index is -3.59. The van der Waals surface area contributed by atoms with Gasteiger partial charge in [0.15, 0.2) is 11.0 Å². The first kappa shape index (κ1) is 54.5. The highest BCUT2D eigenvalue weighted by Crippen LogP contribution is 2.30. The van der Waals surface area contributed by atoms with E-state index in [1.165, 1.54) is 0 Å². The number of nitrogens with two attached hydrogens (primary N) is 2. The number of nitrogens with one attached hydrogen (secondary N) is 4. The molecule has 0 atom stereocenters. The van der Waals surface area contributed by atoms with Crippen LogP contribution in [0.2, 0.25) is 5.15 Å². The molecule has 6 aromatic heterocycles. The van der Waals surface area contributed by atoms with E-state index in [1.54, 1.807) is 22.2 Å². The van der Waals surface area contributed by atoms with E-state index in [1.807, 2.05) is 69.7 Å². The Hall–Kier alpha value is -4.55. The molecule has 0 amide bonds. The molecule has 2 aliphatic rings. The first-order valence-electron chi connectivity index (χ1n) is 18.1. The predicted octanol–water partition coefficient (Wildman–Crippen LogP) is 3.54.